The Kier molecular flexibility index (Phi) is 4.14. The van der Waals surface area contributed by atoms with Gasteiger partial charge in [0.25, 0.3) is 0 Å². The quantitative estimate of drug-likeness (QED) is 0.784. The van der Waals surface area contributed by atoms with Gasteiger partial charge in [0, 0.05) is 20.2 Å². The smallest absolute Gasteiger partial charge is 0.218 e. The predicted octanol–water partition coefficient (Wildman–Crippen LogP) is 1.84. The summed E-state index contributed by atoms with van der Waals surface area (Å²) in [6.45, 7) is 1.13. The van der Waals surface area contributed by atoms with Crippen molar-refractivity contribution in [3.8, 4) is 5.88 Å². The normalized spacial score (nSPS) is 14.7. The van der Waals surface area contributed by atoms with E-state index in [9.17, 15) is 0 Å². The molecule has 5 nitrogen and oxygen atoms in total. The predicted molar refractivity (Wildman–Crippen MR) is 65.1 cm³/mol. The highest BCUT2D eigenvalue weighted by Gasteiger charge is 2.20. The van der Waals surface area contributed by atoms with Crippen LogP contribution in [0.3, 0.4) is 0 Å². The number of methoxy groups -OCH3 is 1. The van der Waals surface area contributed by atoms with E-state index >= 15 is 0 Å². The van der Waals surface area contributed by atoms with Crippen molar-refractivity contribution in [2.75, 3.05) is 26.1 Å². The third kappa shape index (κ3) is 3.85. The van der Waals surface area contributed by atoms with E-state index < -0.39 is 0 Å². The van der Waals surface area contributed by atoms with Crippen molar-refractivity contribution < 1.29 is 9.47 Å². The van der Waals surface area contributed by atoms with Gasteiger partial charge in [-0.2, -0.15) is 4.98 Å². The number of nitrogens with zero attached hydrogens (tertiary/aromatic N) is 2. The third-order valence-corrected chi connectivity index (χ3v) is 2.75. The molecule has 0 aliphatic heterocycles. The van der Waals surface area contributed by atoms with Gasteiger partial charge in [0.1, 0.15) is 12.4 Å². The van der Waals surface area contributed by atoms with Gasteiger partial charge >= 0.3 is 0 Å². The molecule has 0 spiro atoms. The van der Waals surface area contributed by atoms with Gasteiger partial charge < -0.3 is 14.8 Å². The van der Waals surface area contributed by atoms with Crippen LogP contribution in [-0.4, -0.2) is 30.7 Å². The molecule has 1 heterocycles. The van der Waals surface area contributed by atoms with Gasteiger partial charge in [-0.1, -0.05) is 12.8 Å². The van der Waals surface area contributed by atoms with Gasteiger partial charge in [-0.25, -0.2) is 4.98 Å². The lowest BCUT2D eigenvalue weighted by Crippen LogP contribution is -2.06. The van der Waals surface area contributed by atoms with Crippen LogP contribution in [0.15, 0.2) is 6.07 Å². The zero-order chi connectivity index (χ0) is 12.1. The Morgan fingerprint density at radius 2 is 2.24 bits per heavy atom. The van der Waals surface area contributed by atoms with E-state index in [1.807, 2.05) is 13.1 Å². The molecule has 1 saturated carbocycles. The van der Waals surface area contributed by atoms with Crippen LogP contribution in [0.25, 0.3) is 0 Å². The molecule has 1 aromatic heterocycles. The Hall–Kier alpha value is -1.36. The molecule has 2 rings (SSSR count). The second kappa shape index (κ2) is 5.82. The molecular formula is C12H19N3O2. The molecule has 0 saturated heterocycles. The summed E-state index contributed by atoms with van der Waals surface area (Å²) < 4.78 is 10.7. The van der Waals surface area contributed by atoms with Crippen LogP contribution < -0.4 is 10.1 Å². The molecule has 0 atom stereocenters. The number of anilines is 1. The summed E-state index contributed by atoms with van der Waals surface area (Å²) in [4.78, 5) is 8.56. The monoisotopic (exact) mass is 237 g/mol. The zero-order valence-corrected chi connectivity index (χ0v) is 10.4. The van der Waals surface area contributed by atoms with E-state index in [2.05, 4.69) is 15.3 Å². The summed E-state index contributed by atoms with van der Waals surface area (Å²) in [5.41, 5.74) is 0. The number of hydrogen-bond acceptors (Lipinski definition) is 5. The fourth-order valence-corrected chi connectivity index (χ4v) is 1.61. The van der Waals surface area contributed by atoms with Gasteiger partial charge in [-0.3, -0.25) is 0 Å². The Morgan fingerprint density at radius 1 is 1.41 bits per heavy atom. The topological polar surface area (TPSA) is 56.3 Å². The van der Waals surface area contributed by atoms with Crippen molar-refractivity contribution in [1.82, 2.24) is 9.97 Å². The molecule has 0 bridgehead atoms. The molecule has 0 amide bonds. The summed E-state index contributed by atoms with van der Waals surface area (Å²) >= 11 is 0. The van der Waals surface area contributed by atoms with E-state index in [1.165, 1.54) is 12.8 Å². The molecule has 0 unspecified atom stereocenters. The number of nitrogens with one attached hydrogen (secondary N) is 1. The summed E-state index contributed by atoms with van der Waals surface area (Å²) in [7, 11) is 3.45. The van der Waals surface area contributed by atoms with Crippen LogP contribution in [0, 0.1) is 5.92 Å². The highest BCUT2D eigenvalue weighted by atomic mass is 16.5. The molecule has 94 valence electrons. The van der Waals surface area contributed by atoms with E-state index in [4.69, 9.17) is 9.47 Å². The van der Waals surface area contributed by atoms with Crippen molar-refractivity contribution in [2.45, 2.75) is 25.9 Å². The third-order valence-electron chi connectivity index (χ3n) is 2.75. The van der Waals surface area contributed by atoms with Crippen molar-refractivity contribution in [3.63, 3.8) is 0 Å². The molecule has 5 heteroatoms. The van der Waals surface area contributed by atoms with Gasteiger partial charge in [0.05, 0.1) is 6.61 Å². The SMILES string of the molecule is CNc1cc(OCCC2CC2)nc(COC)n1. The first-order chi connectivity index (χ1) is 8.31. The first kappa shape index (κ1) is 12.1. The van der Waals surface area contributed by atoms with Crippen LogP contribution in [0.4, 0.5) is 5.82 Å². The van der Waals surface area contributed by atoms with Crippen molar-refractivity contribution in [3.05, 3.63) is 11.9 Å². The molecule has 17 heavy (non-hydrogen) atoms. The fourth-order valence-electron chi connectivity index (χ4n) is 1.61. The van der Waals surface area contributed by atoms with Crippen LogP contribution in [0.2, 0.25) is 0 Å². The highest BCUT2D eigenvalue weighted by Crippen LogP contribution is 2.32. The summed E-state index contributed by atoms with van der Waals surface area (Å²) in [5.74, 6) is 2.89. The summed E-state index contributed by atoms with van der Waals surface area (Å²) in [5, 5.41) is 2.99. The molecular weight excluding hydrogens is 218 g/mol. The first-order valence-corrected chi connectivity index (χ1v) is 5.99. The highest BCUT2D eigenvalue weighted by molar-refractivity contribution is 5.37. The maximum Gasteiger partial charge on any atom is 0.218 e. The van der Waals surface area contributed by atoms with Crippen LogP contribution in [0.1, 0.15) is 25.1 Å². The number of ether oxygens (including phenoxy) is 2. The Morgan fingerprint density at radius 3 is 2.88 bits per heavy atom. The standard InChI is InChI=1S/C12H19N3O2/c1-13-10-7-12(15-11(14-10)8-16-2)17-6-5-9-3-4-9/h7,9H,3-6,8H2,1-2H3,(H,13,14,15). The molecule has 1 fully saturated rings. The van der Waals surface area contributed by atoms with Crippen LogP contribution >= 0.6 is 0 Å². The average molecular weight is 237 g/mol. The largest absolute Gasteiger partial charge is 0.478 e. The summed E-state index contributed by atoms with van der Waals surface area (Å²) in [6.07, 6.45) is 3.83. The van der Waals surface area contributed by atoms with Gasteiger partial charge in [-0.05, 0) is 12.3 Å². The number of aromatic nitrogens is 2. The molecule has 0 aromatic carbocycles. The fraction of sp³-hybridized carbons (Fsp3) is 0.667. The minimum Gasteiger partial charge on any atom is -0.478 e. The lowest BCUT2D eigenvalue weighted by atomic mass is 10.3. The van der Waals surface area contributed by atoms with E-state index in [0.29, 0.717) is 18.3 Å². The molecule has 1 N–H and O–H groups in total. The lowest BCUT2D eigenvalue weighted by molar-refractivity contribution is 0.176. The van der Waals surface area contributed by atoms with Crippen molar-refractivity contribution in [1.29, 1.82) is 0 Å². The maximum absolute atomic E-state index is 5.64. The van der Waals surface area contributed by atoms with Crippen LogP contribution in [0.5, 0.6) is 5.88 Å². The van der Waals surface area contributed by atoms with Gasteiger partial charge in [-0.15, -0.1) is 0 Å². The molecule has 1 aliphatic carbocycles. The van der Waals surface area contributed by atoms with Crippen molar-refractivity contribution in [2.24, 2.45) is 5.92 Å². The van der Waals surface area contributed by atoms with E-state index in [0.717, 1.165) is 24.8 Å². The second-order valence-electron chi connectivity index (χ2n) is 4.27. The molecule has 1 aromatic rings. The minimum absolute atomic E-state index is 0.397. The summed E-state index contributed by atoms with van der Waals surface area (Å²) in [6, 6.07) is 1.81. The lowest BCUT2D eigenvalue weighted by Gasteiger charge is -2.08. The first-order valence-electron chi connectivity index (χ1n) is 5.99. The average Bonchev–Trinajstić information content (AvgIpc) is 3.13. The van der Waals surface area contributed by atoms with Crippen molar-refractivity contribution >= 4 is 5.82 Å². The Bertz CT molecular complexity index is 367. The minimum atomic E-state index is 0.397. The Labute approximate surface area is 102 Å². The van der Waals surface area contributed by atoms with Gasteiger partial charge in [0.2, 0.25) is 5.88 Å². The second-order valence-corrected chi connectivity index (χ2v) is 4.27. The molecule has 0 radical (unpaired) electrons. The van der Waals surface area contributed by atoms with E-state index in [-0.39, 0.29) is 0 Å². The maximum atomic E-state index is 5.64. The zero-order valence-electron chi connectivity index (χ0n) is 10.4. The molecule has 1 aliphatic rings. The number of rotatable bonds is 7. The van der Waals surface area contributed by atoms with Crippen LogP contribution in [-0.2, 0) is 11.3 Å². The Balaban J connectivity index is 1.94. The van der Waals surface area contributed by atoms with E-state index in [1.54, 1.807) is 7.11 Å². The number of hydrogen-bond donors (Lipinski definition) is 1. The van der Waals surface area contributed by atoms with Gasteiger partial charge in [0.15, 0.2) is 5.82 Å².